The number of rotatable bonds is 5. The summed E-state index contributed by atoms with van der Waals surface area (Å²) in [6.45, 7) is 0. The van der Waals surface area contributed by atoms with Crippen LogP contribution in [-0.4, -0.2) is 25.1 Å². The Morgan fingerprint density at radius 3 is 2.41 bits per heavy atom. The first-order valence-corrected chi connectivity index (χ1v) is 7.13. The molecule has 0 amide bonds. The van der Waals surface area contributed by atoms with Gasteiger partial charge >= 0.3 is 0 Å². The fraction of sp³-hybridized carbons (Fsp3) is 0.125. The van der Waals surface area contributed by atoms with Crippen molar-refractivity contribution in [1.82, 2.24) is 0 Å². The molecule has 2 aromatic rings. The van der Waals surface area contributed by atoms with Gasteiger partial charge in [-0.15, -0.1) is 11.3 Å². The van der Waals surface area contributed by atoms with E-state index < -0.39 is 0 Å². The normalized spacial score (nSPS) is 10.9. The van der Waals surface area contributed by atoms with Gasteiger partial charge in [-0.25, -0.2) is 0 Å². The van der Waals surface area contributed by atoms with Gasteiger partial charge in [0.05, 0.1) is 19.1 Å². The topological polar surface area (TPSA) is 79.5 Å². The quantitative estimate of drug-likeness (QED) is 0.520. The van der Waals surface area contributed by atoms with E-state index in [1.807, 2.05) is 6.07 Å². The van der Waals surface area contributed by atoms with E-state index in [1.165, 1.54) is 43.8 Å². The van der Waals surface area contributed by atoms with Crippen LogP contribution < -0.4 is 9.47 Å². The number of carbonyl (C=O) groups excluding carboxylic acids is 1. The lowest BCUT2D eigenvalue weighted by molar-refractivity contribution is 0.104. The summed E-state index contributed by atoms with van der Waals surface area (Å²) in [6, 6.07) is 8.36. The molecule has 0 fully saturated rings. The summed E-state index contributed by atoms with van der Waals surface area (Å²) in [7, 11) is 2.81. The molecule has 1 heterocycles. The fourth-order valence-corrected chi connectivity index (χ4v) is 2.53. The summed E-state index contributed by atoms with van der Waals surface area (Å²) in [5, 5.41) is 20.9. The Kier molecular flexibility index (Phi) is 4.81. The van der Waals surface area contributed by atoms with E-state index in [-0.39, 0.29) is 28.6 Å². The maximum atomic E-state index is 12.2. The van der Waals surface area contributed by atoms with Gasteiger partial charge in [0.15, 0.2) is 11.5 Å². The summed E-state index contributed by atoms with van der Waals surface area (Å²) in [6.07, 6.45) is 1.44. The summed E-state index contributed by atoms with van der Waals surface area (Å²) < 4.78 is 10.1. The highest BCUT2D eigenvalue weighted by molar-refractivity contribution is 7.12. The summed E-state index contributed by atoms with van der Waals surface area (Å²) in [5.41, 5.74) is 0.519. The number of methoxy groups -OCH3 is 2. The number of Topliss-reactive ketones (excluding diaryl/α,β-unsaturated/α-hetero) is 1. The van der Waals surface area contributed by atoms with Crippen molar-refractivity contribution >= 4 is 23.2 Å². The van der Waals surface area contributed by atoms with Crippen molar-refractivity contribution in [2.45, 2.75) is 0 Å². The number of phenolic OH excluding ortho intramolecular Hbond substituents is 1. The second-order valence-corrected chi connectivity index (χ2v) is 5.20. The molecule has 1 aromatic heterocycles. The molecule has 0 bridgehead atoms. The number of aromatic hydroxyl groups is 1. The zero-order chi connectivity index (χ0) is 16.1. The SMILES string of the molecule is COc1cc(C=C(C#N)C(=O)c2cccs2)cc(OC)c1O. The van der Waals surface area contributed by atoms with Crippen LogP contribution in [0.2, 0.25) is 0 Å². The largest absolute Gasteiger partial charge is 0.502 e. The third kappa shape index (κ3) is 3.10. The lowest BCUT2D eigenvalue weighted by Gasteiger charge is -2.09. The van der Waals surface area contributed by atoms with Crippen LogP contribution in [-0.2, 0) is 0 Å². The minimum atomic E-state index is -0.344. The first kappa shape index (κ1) is 15.6. The predicted molar refractivity (Wildman–Crippen MR) is 83.5 cm³/mol. The van der Waals surface area contributed by atoms with Crippen molar-refractivity contribution in [2.24, 2.45) is 0 Å². The summed E-state index contributed by atoms with van der Waals surface area (Å²) in [4.78, 5) is 12.7. The number of carbonyl (C=O) groups is 1. The van der Waals surface area contributed by atoms with Crippen LogP contribution in [0.4, 0.5) is 0 Å². The zero-order valence-corrected chi connectivity index (χ0v) is 12.8. The molecule has 0 saturated heterocycles. The highest BCUT2D eigenvalue weighted by Gasteiger charge is 2.15. The maximum Gasteiger partial charge on any atom is 0.213 e. The van der Waals surface area contributed by atoms with Crippen LogP contribution in [0.15, 0.2) is 35.2 Å². The Balaban J connectivity index is 2.46. The molecule has 0 aliphatic rings. The van der Waals surface area contributed by atoms with Gasteiger partial charge in [-0.2, -0.15) is 5.26 Å². The summed E-state index contributed by atoms with van der Waals surface area (Å²) in [5.74, 6) is -0.0772. The number of nitrogens with zero attached hydrogens (tertiary/aromatic N) is 1. The van der Waals surface area contributed by atoms with Crippen LogP contribution in [0.25, 0.3) is 6.08 Å². The molecule has 1 aromatic carbocycles. The number of allylic oxidation sites excluding steroid dienone is 1. The van der Waals surface area contributed by atoms with Gasteiger partial charge in [0.25, 0.3) is 0 Å². The van der Waals surface area contributed by atoms with Gasteiger partial charge in [-0.1, -0.05) is 6.07 Å². The Bertz CT molecular complexity index is 732. The first-order chi connectivity index (χ1) is 10.6. The predicted octanol–water partition coefficient (Wildman–Crippen LogP) is 3.26. The van der Waals surface area contributed by atoms with Crippen LogP contribution in [0.1, 0.15) is 15.2 Å². The van der Waals surface area contributed by atoms with Crippen LogP contribution in [0.5, 0.6) is 17.2 Å². The van der Waals surface area contributed by atoms with Crippen molar-refractivity contribution in [3.63, 3.8) is 0 Å². The molecule has 2 rings (SSSR count). The van der Waals surface area contributed by atoms with Crippen LogP contribution >= 0.6 is 11.3 Å². The Hall–Kier alpha value is -2.78. The number of hydrogen-bond donors (Lipinski definition) is 1. The monoisotopic (exact) mass is 315 g/mol. The minimum absolute atomic E-state index is 0.00255. The molecule has 112 valence electrons. The molecule has 1 N–H and O–H groups in total. The number of ketones is 1. The maximum absolute atomic E-state index is 12.2. The van der Waals surface area contributed by atoms with Crippen LogP contribution in [0.3, 0.4) is 0 Å². The molecule has 6 heteroatoms. The molecule has 0 aliphatic carbocycles. The summed E-state index contributed by atoms with van der Waals surface area (Å²) >= 11 is 1.27. The fourth-order valence-electron chi connectivity index (χ4n) is 1.85. The Labute approximate surface area is 131 Å². The number of ether oxygens (including phenoxy) is 2. The third-order valence-corrected chi connectivity index (χ3v) is 3.79. The average molecular weight is 315 g/mol. The van der Waals surface area contributed by atoms with E-state index in [0.29, 0.717) is 10.4 Å². The van der Waals surface area contributed by atoms with Gasteiger partial charge in [0, 0.05) is 0 Å². The standard InChI is InChI=1S/C16H13NO4S/c1-20-12-7-10(8-13(21-2)16(12)19)6-11(9-17)15(18)14-4-3-5-22-14/h3-8,19H,1-2H3. The van der Waals surface area contributed by atoms with E-state index in [2.05, 4.69) is 0 Å². The second-order valence-electron chi connectivity index (χ2n) is 4.25. The molecular formula is C16H13NO4S. The molecular weight excluding hydrogens is 302 g/mol. The lowest BCUT2D eigenvalue weighted by Crippen LogP contribution is -1.99. The van der Waals surface area contributed by atoms with Gasteiger partial charge in [0.2, 0.25) is 11.5 Å². The molecule has 0 unspecified atom stereocenters. The molecule has 0 atom stereocenters. The average Bonchev–Trinajstić information content (AvgIpc) is 3.07. The highest BCUT2D eigenvalue weighted by atomic mass is 32.1. The molecule has 5 nitrogen and oxygen atoms in total. The number of phenols is 1. The first-order valence-electron chi connectivity index (χ1n) is 6.25. The number of thiophene rings is 1. The molecule has 0 radical (unpaired) electrons. The number of benzene rings is 1. The lowest BCUT2D eigenvalue weighted by atomic mass is 10.1. The van der Waals surface area contributed by atoms with Crippen molar-refractivity contribution in [3.05, 3.63) is 45.7 Å². The van der Waals surface area contributed by atoms with Gasteiger partial charge in [0.1, 0.15) is 11.6 Å². The van der Waals surface area contributed by atoms with Gasteiger partial charge in [-0.3, -0.25) is 4.79 Å². The van der Waals surface area contributed by atoms with Crippen molar-refractivity contribution in [2.75, 3.05) is 14.2 Å². The number of hydrogen-bond acceptors (Lipinski definition) is 6. The van der Waals surface area contributed by atoms with Gasteiger partial charge < -0.3 is 14.6 Å². The second kappa shape index (κ2) is 6.78. The number of nitriles is 1. The zero-order valence-electron chi connectivity index (χ0n) is 12.0. The van der Waals surface area contributed by atoms with E-state index in [4.69, 9.17) is 9.47 Å². The molecule has 22 heavy (non-hydrogen) atoms. The highest BCUT2D eigenvalue weighted by Crippen LogP contribution is 2.37. The van der Waals surface area contributed by atoms with Gasteiger partial charge in [-0.05, 0) is 35.2 Å². The smallest absolute Gasteiger partial charge is 0.213 e. The molecule has 0 spiro atoms. The van der Waals surface area contributed by atoms with E-state index in [0.717, 1.165) is 0 Å². The van der Waals surface area contributed by atoms with Crippen molar-refractivity contribution < 1.29 is 19.4 Å². The molecule has 0 saturated carbocycles. The molecule has 0 aliphatic heterocycles. The van der Waals surface area contributed by atoms with E-state index in [1.54, 1.807) is 17.5 Å². The third-order valence-electron chi connectivity index (χ3n) is 2.92. The van der Waals surface area contributed by atoms with Crippen LogP contribution in [0, 0.1) is 11.3 Å². The minimum Gasteiger partial charge on any atom is -0.502 e. The van der Waals surface area contributed by atoms with Crippen molar-refractivity contribution in [1.29, 1.82) is 5.26 Å². The van der Waals surface area contributed by atoms with Crippen molar-refractivity contribution in [3.8, 4) is 23.3 Å². The van der Waals surface area contributed by atoms with E-state index in [9.17, 15) is 15.2 Å². The Morgan fingerprint density at radius 1 is 1.32 bits per heavy atom. The Morgan fingerprint density at radius 2 is 1.95 bits per heavy atom. The van der Waals surface area contributed by atoms with E-state index >= 15 is 0 Å².